The lowest BCUT2D eigenvalue weighted by atomic mass is 10.1. The second-order valence-electron chi connectivity index (χ2n) is 5.87. The summed E-state index contributed by atoms with van der Waals surface area (Å²) in [7, 11) is 1.37. The molecule has 1 aliphatic heterocycles. The van der Waals surface area contributed by atoms with E-state index < -0.39 is 0 Å². The number of aryl methyl sites for hydroxylation is 1. The fourth-order valence-corrected chi connectivity index (χ4v) is 3.19. The monoisotopic (exact) mass is 325 g/mol. The first-order valence-corrected chi connectivity index (χ1v) is 7.66. The third-order valence-electron chi connectivity index (χ3n) is 4.35. The normalized spacial score (nSPS) is 12.9. The van der Waals surface area contributed by atoms with Crippen molar-refractivity contribution < 1.29 is 13.9 Å². The van der Waals surface area contributed by atoms with Crippen molar-refractivity contribution in [3.05, 3.63) is 47.9 Å². The topological polar surface area (TPSA) is 47.4 Å². The van der Waals surface area contributed by atoms with Gasteiger partial charge in [0, 0.05) is 11.1 Å². The lowest BCUT2D eigenvalue weighted by molar-refractivity contribution is -0.139. The molecule has 0 bridgehead atoms. The number of pyridine rings is 1. The Morgan fingerprint density at radius 1 is 1.33 bits per heavy atom. The number of benzene rings is 1. The van der Waals surface area contributed by atoms with Crippen molar-refractivity contribution in [2.45, 2.75) is 13.6 Å². The van der Waals surface area contributed by atoms with Crippen molar-refractivity contribution in [1.29, 1.82) is 0 Å². The summed E-state index contributed by atoms with van der Waals surface area (Å²) in [4.78, 5) is 18.3. The summed E-state index contributed by atoms with van der Waals surface area (Å²) in [6, 6.07) is 10.7. The number of nitrogens with zero attached hydrogens (tertiary/aromatic N) is 3. The van der Waals surface area contributed by atoms with Gasteiger partial charge in [0.2, 0.25) is 0 Å². The van der Waals surface area contributed by atoms with Crippen molar-refractivity contribution in [3.63, 3.8) is 0 Å². The summed E-state index contributed by atoms with van der Waals surface area (Å²) in [6.07, 6.45) is 0. The third kappa shape index (κ3) is 2.14. The number of anilines is 1. The average Bonchev–Trinajstić information content (AvgIpc) is 2.95. The van der Waals surface area contributed by atoms with Crippen LogP contribution in [0.1, 0.15) is 5.69 Å². The zero-order chi connectivity index (χ0) is 16.8. The fourth-order valence-electron chi connectivity index (χ4n) is 3.19. The first kappa shape index (κ1) is 14.7. The highest BCUT2D eigenvalue weighted by Gasteiger charge is 2.27. The molecule has 0 N–H and O–H groups in total. The number of hydrogen-bond acceptors (Lipinski definition) is 4. The van der Waals surface area contributed by atoms with Crippen molar-refractivity contribution in [3.8, 4) is 11.4 Å². The Kier molecular flexibility index (Phi) is 3.26. The minimum absolute atomic E-state index is 0.114. The molecule has 122 valence electrons. The number of esters is 1. The van der Waals surface area contributed by atoms with E-state index in [1.807, 2.05) is 40.7 Å². The van der Waals surface area contributed by atoms with Crippen LogP contribution in [0.15, 0.2) is 36.4 Å². The Morgan fingerprint density at radius 2 is 2.17 bits per heavy atom. The van der Waals surface area contributed by atoms with Gasteiger partial charge >= 0.3 is 5.97 Å². The number of carbonyl (C=O) groups excluding carboxylic acids is 1. The fraction of sp³-hybridized carbons (Fsp3) is 0.222. The Hall–Kier alpha value is -2.89. The minimum Gasteiger partial charge on any atom is -0.468 e. The molecule has 0 atom stereocenters. The molecule has 5 nitrogen and oxygen atoms in total. The van der Waals surface area contributed by atoms with Crippen LogP contribution in [0.5, 0.6) is 0 Å². The molecule has 3 aromatic rings. The van der Waals surface area contributed by atoms with E-state index >= 15 is 0 Å². The maximum Gasteiger partial charge on any atom is 0.325 e. The van der Waals surface area contributed by atoms with Gasteiger partial charge < -0.3 is 14.2 Å². The molecular weight excluding hydrogens is 309 g/mol. The number of ether oxygens (including phenoxy) is 1. The molecule has 1 aliphatic rings. The molecule has 0 fully saturated rings. The molecule has 2 aromatic heterocycles. The van der Waals surface area contributed by atoms with E-state index in [2.05, 4.69) is 4.98 Å². The van der Waals surface area contributed by atoms with Gasteiger partial charge in [-0.05, 0) is 37.3 Å². The van der Waals surface area contributed by atoms with Gasteiger partial charge in [-0.1, -0.05) is 6.07 Å². The Balaban J connectivity index is 1.95. The second kappa shape index (κ2) is 5.33. The van der Waals surface area contributed by atoms with E-state index in [9.17, 15) is 9.18 Å². The maximum atomic E-state index is 14.2. The van der Waals surface area contributed by atoms with E-state index in [1.165, 1.54) is 13.2 Å². The number of methoxy groups -OCH3 is 1. The largest absolute Gasteiger partial charge is 0.468 e. The average molecular weight is 325 g/mol. The highest BCUT2D eigenvalue weighted by molar-refractivity contribution is 5.91. The number of rotatable bonds is 2. The lowest BCUT2D eigenvalue weighted by Crippen LogP contribution is -2.35. The lowest BCUT2D eigenvalue weighted by Gasteiger charge is -2.31. The minimum atomic E-state index is -0.326. The number of halogens is 1. The molecule has 0 unspecified atom stereocenters. The molecule has 0 amide bonds. The molecule has 0 radical (unpaired) electrons. The van der Waals surface area contributed by atoms with Crippen molar-refractivity contribution in [2.75, 3.05) is 18.6 Å². The molecule has 1 aromatic carbocycles. The number of fused-ring (bicyclic) bond motifs is 5. The first-order chi connectivity index (χ1) is 11.6. The Morgan fingerprint density at radius 3 is 2.96 bits per heavy atom. The van der Waals surface area contributed by atoms with Gasteiger partial charge in [0.25, 0.3) is 0 Å². The van der Waals surface area contributed by atoms with Gasteiger partial charge in [0.1, 0.15) is 18.1 Å². The summed E-state index contributed by atoms with van der Waals surface area (Å²) < 4.78 is 20.9. The molecule has 0 saturated carbocycles. The van der Waals surface area contributed by atoms with Crippen LogP contribution in [-0.4, -0.2) is 29.2 Å². The van der Waals surface area contributed by atoms with Gasteiger partial charge in [-0.3, -0.25) is 4.79 Å². The predicted molar refractivity (Wildman–Crippen MR) is 89.2 cm³/mol. The summed E-state index contributed by atoms with van der Waals surface area (Å²) in [5.74, 6) is -0.587. The third-order valence-corrected chi connectivity index (χ3v) is 4.35. The molecule has 0 spiro atoms. The zero-order valence-corrected chi connectivity index (χ0v) is 13.4. The van der Waals surface area contributed by atoms with E-state index in [1.54, 1.807) is 6.07 Å². The van der Waals surface area contributed by atoms with Gasteiger partial charge in [-0.15, -0.1) is 0 Å². The number of aromatic nitrogens is 2. The summed E-state index contributed by atoms with van der Waals surface area (Å²) in [6.45, 7) is 2.46. The van der Waals surface area contributed by atoms with Crippen LogP contribution in [-0.2, 0) is 16.2 Å². The second-order valence-corrected chi connectivity index (χ2v) is 5.87. The van der Waals surface area contributed by atoms with E-state index in [4.69, 9.17) is 4.74 Å². The maximum absolute atomic E-state index is 14.2. The van der Waals surface area contributed by atoms with Crippen LogP contribution in [0, 0.1) is 12.7 Å². The van der Waals surface area contributed by atoms with Crippen LogP contribution in [0.25, 0.3) is 22.3 Å². The van der Waals surface area contributed by atoms with E-state index in [0.717, 1.165) is 28.3 Å². The van der Waals surface area contributed by atoms with Crippen LogP contribution >= 0.6 is 0 Å². The molecular formula is C18H16FN3O2. The molecule has 0 saturated heterocycles. The van der Waals surface area contributed by atoms with Crippen molar-refractivity contribution in [1.82, 2.24) is 9.55 Å². The molecule has 0 aliphatic carbocycles. The Bertz CT molecular complexity index is 964. The van der Waals surface area contributed by atoms with Crippen LogP contribution in [0.4, 0.5) is 10.1 Å². The highest BCUT2D eigenvalue weighted by atomic mass is 19.1. The van der Waals surface area contributed by atoms with Gasteiger partial charge in [-0.25, -0.2) is 9.37 Å². The first-order valence-electron chi connectivity index (χ1n) is 7.66. The molecule has 6 heteroatoms. The Labute approximate surface area is 138 Å². The van der Waals surface area contributed by atoms with Crippen LogP contribution in [0.2, 0.25) is 0 Å². The van der Waals surface area contributed by atoms with E-state index in [-0.39, 0.29) is 18.3 Å². The SMILES string of the molecule is COC(=O)CN1Cn2c(cc3c(F)cccc32)-c2nc(C)ccc21. The molecule has 24 heavy (non-hydrogen) atoms. The van der Waals surface area contributed by atoms with Crippen molar-refractivity contribution >= 4 is 22.6 Å². The van der Waals surface area contributed by atoms with Crippen LogP contribution in [0.3, 0.4) is 0 Å². The van der Waals surface area contributed by atoms with E-state index in [0.29, 0.717) is 12.1 Å². The highest BCUT2D eigenvalue weighted by Crippen LogP contribution is 2.38. The number of carbonyl (C=O) groups is 1. The summed E-state index contributed by atoms with van der Waals surface area (Å²) in [5.41, 5.74) is 4.11. The van der Waals surface area contributed by atoms with Gasteiger partial charge in [0.15, 0.2) is 0 Å². The molecule has 3 heterocycles. The zero-order valence-electron chi connectivity index (χ0n) is 13.4. The quantitative estimate of drug-likeness (QED) is 0.679. The molecule has 4 rings (SSSR count). The predicted octanol–water partition coefficient (Wildman–Crippen LogP) is 3.10. The summed E-state index contributed by atoms with van der Waals surface area (Å²) in [5, 5.41) is 0.557. The smallest absolute Gasteiger partial charge is 0.325 e. The number of hydrogen-bond donors (Lipinski definition) is 0. The standard InChI is InChI=1S/C18H16FN3O2/c1-11-6-7-15-18(20-11)16-8-12-13(19)4-3-5-14(12)22(16)10-21(15)9-17(23)24-2/h3-8H,9-10H2,1-2H3. The van der Waals surface area contributed by atoms with Gasteiger partial charge in [-0.2, -0.15) is 0 Å². The summed E-state index contributed by atoms with van der Waals surface area (Å²) >= 11 is 0. The van der Waals surface area contributed by atoms with Crippen LogP contribution < -0.4 is 4.90 Å². The van der Waals surface area contributed by atoms with Crippen molar-refractivity contribution in [2.24, 2.45) is 0 Å². The van der Waals surface area contributed by atoms with Gasteiger partial charge in [0.05, 0.1) is 30.7 Å².